The van der Waals surface area contributed by atoms with E-state index in [1.165, 1.54) is 36.8 Å². The minimum atomic E-state index is -0.906. The van der Waals surface area contributed by atoms with Crippen LogP contribution in [0.25, 0.3) is 22.1 Å². The number of imidazole rings is 2. The summed E-state index contributed by atoms with van der Waals surface area (Å²) >= 11 is 0. The second-order valence-electron chi connectivity index (χ2n) is 23.3. The standard InChI is InChI=1S/C60H76F2N10O6S/c1-34(2)52(67-59(75)77-5)57(73)70-25-11-15-50(70)55-63-44-19-17-38(30-46(44)65-55)48-21-22-49(39-18-20-45-47(31-39)66-56(64-45)51-16-12-26-71(51)58(74)53(35(3)4)68-60(76)78-6)72(48)40-32-42(61)54(43(62)33-40)69-27-23-36(24-28-69)37-13-10-14-41(29-37)79(7,8)9/h10,13-14,17-20,29-36,48-53H,11-12,15-16,21-28H2,1-9H3,(H,63,65)(H,64,66)(H,67,75)(H,68,76)/t48-,49-,50+,51+,52+,53?/m1/s1. The van der Waals surface area contributed by atoms with E-state index in [0.29, 0.717) is 86.1 Å². The first-order valence-corrected chi connectivity index (χ1v) is 30.8. The number of rotatable bonds is 14. The van der Waals surface area contributed by atoms with Gasteiger partial charge in [-0.15, -0.1) is 0 Å². The van der Waals surface area contributed by atoms with Gasteiger partial charge in [0.05, 0.1) is 60.5 Å². The maximum Gasteiger partial charge on any atom is 0.407 e. The molecule has 4 saturated heterocycles. The van der Waals surface area contributed by atoms with Gasteiger partial charge in [0.25, 0.3) is 0 Å². The molecule has 4 aromatic carbocycles. The highest BCUT2D eigenvalue weighted by molar-refractivity contribution is 8.32. The number of likely N-dealkylation sites (tertiary alicyclic amines) is 2. The summed E-state index contributed by atoms with van der Waals surface area (Å²) in [6.07, 6.45) is 11.4. The number of anilines is 2. The first-order valence-electron chi connectivity index (χ1n) is 27.9. The summed E-state index contributed by atoms with van der Waals surface area (Å²) in [5, 5.41) is 5.45. The molecule has 0 saturated carbocycles. The van der Waals surface area contributed by atoms with Crippen molar-refractivity contribution in [1.82, 2.24) is 40.4 Å². The largest absolute Gasteiger partial charge is 0.453 e. The number of nitrogens with zero attached hydrogens (tertiary/aromatic N) is 6. The Morgan fingerprint density at radius 1 is 0.608 bits per heavy atom. The number of aromatic nitrogens is 4. The number of carbonyl (C=O) groups excluding carboxylic acids is 4. The number of amides is 4. The fourth-order valence-electron chi connectivity index (χ4n) is 12.6. The number of ether oxygens (including phenoxy) is 2. The van der Waals surface area contributed by atoms with Gasteiger partial charge in [0.2, 0.25) is 11.8 Å². The number of benzene rings is 4. The van der Waals surface area contributed by atoms with E-state index < -0.39 is 45.9 Å². The molecule has 422 valence electrons. The zero-order valence-corrected chi connectivity index (χ0v) is 47.7. The smallest absolute Gasteiger partial charge is 0.407 e. The van der Waals surface area contributed by atoms with Crippen molar-refractivity contribution in [3.63, 3.8) is 0 Å². The zero-order chi connectivity index (χ0) is 56.0. The first kappa shape index (κ1) is 55.4. The summed E-state index contributed by atoms with van der Waals surface area (Å²) < 4.78 is 43.7. The molecule has 0 aliphatic carbocycles. The third kappa shape index (κ3) is 11.2. The lowest BCUT2D eigenvalue weighted by Gasteiger charge is -2.36. The van der Waals surface area contributed by atoms with Crippen LogP contribution in [0.4, 0.5) is 29.7 Å². The third-order valence-corrected chi connectivity index (χ3v) is 18.5. The summed E-state index contributed by atoms with van der Waals surface area (Å²) in [7, 11) is 1.65. The van der Waals surface area contributed by atoms with Crippen molar-refractivity contribution in [2.75, 3.05) is 69.0 Å². The van der Waals surface area contributed by atoms with Crippen LogP contribution in [0.1, 0.15) is 137 Å². The number of H-pyrrole nitrogens is 2. The lowest BCUT2D eigenvalue weighted by molar-refractivity contribution is -0.136. The molecule has 19 heteroatoms. The monoisotopic (exact) mass is 1100 g/mol. The molecule has 0 radical (unpaired) electrons. The second kappa shape index (κ2) is 22.7. The van der Waals surface area contributed by atoms with E-state index in [2.05, 4.69) is 68.5 Å². The molecule has 2 aromatic heterocycles. The van der Waals surface area contributed by atoms with Crippen LogP contribution in [-0.2, 0) is 19.1 Å². The topological polar surface area (TPSA) is 181 Å². The lowest BCUT2D eigenvalue weighted by atomic mass is 9.89. The summed E-state index contributed by atoms with van der Waals surface area (Å²) in [5.74, 6) is -0.352. The first-order chi connectivity index (χ1) is 37.8. The number of hydrogen-bond acceptors (Lipinski definition) is 10. The van der Waals surface area contributed by atoms with E-state index in [4.69, 9.17) is 19.4 Å². The predicted molar refractivity (Wildman–Crippen MR) is 306 cm³/mol. The molecule has 0 bridgehead atoms. The number of aromatic amines is 2. The number of piperidine rings is 1. The van der Waals surface area contributed by atoms with Crippen LogP contribution >= 0.6 is 10.0 Å². The molecule has 6 atom stereocenters. The van der Waals surface area contributed by atoms with Crippen LogP contribution in [0, 0.1) is 23.5 Å². The molecule has 4 aliphatic heterocycles. The van der Waals surface area contributed by atoms with Gasteiger partial charge in [0.15, 0.2) is 11.6 Å². The Kier molecular flexibility index (Phi) is 15.9. The summed E-state index contributed by atoms with van der Waals surface area (Å²) in [6, 6.07) is 21.2. The molecule has 79 heavy (non-hydrogen) atoms. The summed E-state index contributed by atoms with van der Waals surface area (Å²) in [4.78, 5) is 78.7. The third-order valence-electron chi connectivity index (χ3n) is 16.8. The van der Waals surface area contributed by atoms with E-state index in [1.807, 2.05) is 69.0 Å². The molecular weight excluding hydrogens is 1030 g/mol. The highest BCUT2D eigenvalue weighted by Gasteiger charge is 2.41. The van der Waals surface area contributed by atoms with Crippen molar-refractivity contribution in [2.45, 2.75) is 126 Å². The van der Waals surface area contributed by atoms with E-state index in [1.54, 1.807) is 9.80 Å². The Morgan fingerprint density at radius 2 is 1.09 bits per heavy atom. The van der Waals surface area contributed by atoms with Gasteiger partial charge in [0, 0.05) is 31.9 Å². The Morgan fingerprint density at radius 3 is 1.53 bits per heavy atom. The number of alkyl carbamates (subject to hydrolysis) is 2. The normalized spacial score (nSPS) is 21.1. The van der Waals surface area contributed by atoms with Crippen LogP contribution in [-0.4, -0.2) is 125 Å². The molecule has 4 N–H and O–H groups in total. The van der Waals surface area contributed by atoms with Crippen LogP contribution in [0.5, 0.6) is 0 Å². The molecule has 4 aliphatic rings. The molecule has 6 heterocycles. The number of halogens is 2. The van der Waals surface area contributed by atoms with Gasteiger partial charge in [-0.05, 0) is 152 Å². The minimum Gasteiger partial charge on any atom is -0.453 e. The minimum absolute atomic E-state index is 0.00112. The van der Waals surface area contributed by atoms with Crippen molar-refractivity contribution < 1.29 is 37.4 Å². The van der Waals surface area contributed by atoms with Gasteiger partial charge in [-0.25, -0.2) is 38.4 Å². The fraction of sp³-hybridized carbons (Fsp3) is 0.500. The van der Waals surface area contributed by atoms with Gasteiger partial charge in [0.1, 0.15) is 29.4 Å². The van der Waals surface area contributed by atoms with Crippen LogP contribution < -0.4 is 20.4 Å². The average Bonchev–Trinajstić information content (AvgIpc) is 4.48. The van der Waals surface area contributed by atoms with Crippen LogP contribution in [0.15, 0.2) is 77.7 Å². The van der Waals surface area contributed by atoms with Crippen molar-refractivity contribution >= 4 is 67.5 Å². The number of methoxy groups -OCH3 is 2. The van der Waals surface area contributed by atoms with E-state index in [9.17, 15) is 19.2 Å². The SMILES string of the molecule is COC(=O)NC(C(=O)N1CCC[C@H]1c1nc2cc([C@H]3CC[C@H](c4ccc5[nH]c([C@@H]6CCCN6C(=O)[C@@H](NC(=O)OC)C(C)C)nc5c4)N3c3cc(F)c(N4CCC(c5cccc(S(C)(C)C)c5)CC4)c(F)c3)ccc2[nH]1)C(C)C. The Bertz CT molecular complexity index is 3070. The fourth-order valence-corrected chi connectivity index (χ4v) is 13.6. The number of hydrogen-bond donors (Lipinski definition) is 4. The molecule has 10 rings (SSSR count). The van der Waals surface area contributed by atoms with Gasteiger partial charge in [-0.1, -0.05) is 58.0 Å². The maximum absolute atomic E-state index is 17.0. The highest BCUT2D eigenvalue weighted by atomic mass is 32.3. The average molecular weight is 1100 g/mol. The Labute approximate surface area is 463 Å². The predicted octanol–water partition coefficient (Wildman–Crippen LogP) is 11.3. The van der Waals surface area contributed by atoms with E-state index in [0.717, 1.165) is 47.8 Å². The second-order valence-corrected chi connectivity index (χ2v) is 27.5. The molecule has 6 aromatic rings. The van der Waals surface area contributed by atoms with Gasteiger partial charge in [-0.3, -0.25) is 9.59 Å². The summed E-state index contributed by atoms with van der Waals surface area (Å²) in [6.45, 7) is 9.64. The van der Waals surface area contributed by atoms with Crippen molar-refractivity contribution in [3.8, 4) is 0 Å². The van der Waals surface area contributed by atoms with Gasteiger partial charge in [-0.2, -0.15) is 0 Å². The molecule has 4 amide bonds. The Balaban J connectivity index is 0.962. The molecule has 0 spiro atoms. The van der Waals surface area contributed by atoms with Gasteiger partial charge < -0.3 is 49.7 Å². The molecule has 1 unspecified atom stereocenters. The Hall–Kier alpha value is -6.89. The number of nitrogens with one attached hydrogen (secondary N) is 4. The maximum atomic E-state index is 17.0. The zero-order valence-electron chi connectivity index (χ0n) is 46.9. The quantitative estimate of drug-likeness (QED) is 0.0819. The van der Waals surface area contributed by atoms with E-state index >= 15 is 8.78 Å². The molecular formula is C60H76F2N10O6S. The highest BCUT2D eigenvalue weighted by Crippen LogP contribution is 2.50. The van der Waals surface area contributed by atoms with Crippen molar-refractivity contribution in [2.24, 2.45) is 11.8 Å². The van der Waals surface area contributed by atoms with Gasteiger partial charge >= 0.3 is 12.2 Å². The molecule has 4 fully saturated rings. The number of carbonyl (C=O) groups is 4. The number of fused-ring (bicyclic) bond motifs is 2. The van der Waals surface area contributed by atoms with Crippen LogP contribution in [0.3, 0.4) is 0 Å². The van der Waals surface area contributed by atoms with Crippen LogP contribution in [0.2, 0.25) is 0 Å². The summed E-state index contributed by atoms with van der Waals surface area (Å²) in [5.41, 5.74) is 6.56. The lowest BCUT2D eigenvalue weighted by Crippen LogP contribution is -2.51. The molecule has 16 nitrogen and oxygen atoms in total. The van der Waals surface area contributed by atoms with Crippen molar-refractivity contribution in [1.29, 1.82) is 0 Å². The van der Waals surface area contributed by atoms with Crippen molar-refractivity contribution in [3.05, 3.63) is 113 Å². The van der Waals surface area contributed by atoms with E-state index in [-0.39, 0.29) is 53.5 Å².